The first-order valence-electron chi connectivity index (χ1n) is 10.1. The maximum Gasteiger partial charge on any atom is 0.269 e. The molecule has 2 heterocycles. The van der Waals surface area contributed by atoms with E-state index in [4.69, 9.17) is 16.7 Å². The van der Waals surface area contributed by atoms with Gasteiger partial charge < -0.3 is 15.2 Å². The molecule has 33 heavy (non-hydrogen) atoms. The standard InChI is InChI=1S/C23H21N5O4S/c1-13-4-8-17(9-5-13)27-15(3)20(22(29)24-19-12-14(2)32-26-19)21(25-23(27)33)16-6-10-18(11-7-16)28(30)31/h4-12,21H,1-3H3,(H,25,33)(H,24,26,29)/t21-/m0/s1. The molecule has 4 rings (SSSR count). The molecule has 1 aliphatic heterocycles. The van der Waals surface area contributed by atoms with Gasteiger partial charge in [0.15, 0.2) is 10.9 Å². The second-order valence-corrected chi connectivity index (χ2v) is 8.06. The normalized spacial score (nSPS) is 15.9. The smallest absolute Gasteiger partial charge is 0.269 e. The summed E-state index contributed by atoms with van der Waals surface area (Å²) in [5, 5.41) is 21.3. The molecule has 0 aliphatic carbocycles. The van der Waals surface area contributed by atoms with E-state index in [2.05, 4.69) is 15.8 Å². The van der Waals surface area contributed by atoms with E-state index in [0.29, 0.717) is 27.7 Å². The molecule has 168 valence electrons. The number of benzene rings is 2. The highest BCUT2D eigenvalue weighted by atomic mass is 32.1. The first-order chi connectivity index (χ1) is 15.7. The van der Waals surface area contributed by atoms with E-state index < -0.39 is 16.9 Å². The number of nitrogens with zero attached hydrogens (tertiary/aromatic N) is 3. The number of nitrogens with one attached hydrogen (secondary N) is 2. The second-order valence-electron chi connectivity index (χ2n) is 7.68. The van der Waals surface area contributed by atoms with Crippen molar-refractivity contribution in [3.05, 3.63) is 92.9 Å². The molecule has 2 aromatic carbocycles. The van der Waals surface area contributed by atoms with Crippen LogP contribution in [-0.4, -0.2) is 21.1 Å². The number of carbonyl (C=O) groups is 1. The van der Waals surface area contributed by atoms with Crippen molar-refractivity contribution in [1.29, 1.82) is 0 Å². The first-order valence-corrected chi connectivity index (χ1v) is 10.5. The number of nitro groups is 1. The minimum Gasteiger partial charge on any atom is -0.360 e. The number of aromatic nitrogens is 1. The van der Waals surface area contributed by atoms with E-state index in [1.165, 1.54) is 12.1 Å². The number of aryl methyl sites for hydroxylation is 2. The molecule has 1 aromatic heterocycles. The SMILES string of the molecule is CC1=C(C(=O)Nc2cc(C)on2)[C@H](c2ccc([N+](=O)[O-])cc2)NC(=S)N1c1ccc(C)cc1. The van der Waals surface area contributed by atoms with Gasteiger partial charge in [-0.15, -0.1) is 0 Å². The zero-order valence-electron chi connectivity index (χ0n) is 18.2. The predicted octanol–water partition coefficient (Wildman–Crippen LogP) is 4.55. The quantitative estimate of drug-likeness (QED) is 0.322. The first kappa shape index (κ1) is 22.2. The summed E-state index contributed by atoms with van der Waals surface area (Å²) in [4.78, 5) is 25.8. The summed E-state index contributed by atoms with van der Waals surface area (Å²) in [5.41, 5.74) is 3.55. The highest BCUT2D eigenvalue weighted by Gasteiger charge is 2.35. The fourth-order valence-electron chi connectivity index (χ4n) is 3.69. The number of hydrogen-bond donors (Lipinski definition) is 2. The summed E-state index contributed by atoms with van der Waals surface area (Å²) < 4.78 is 5.05. The van der Waals surface area contributed by atoms with Crippen LogP contribution in [0.25, 0.3) is 0 Å². The summed E-state index contributed by atoms with van der Waals surface area (Å²) in [6.07, 6.45) is 0. The number of hydrogen-bond acceptors (Lipinski definition) is 6. The molecule has 0 saturated carbocycles. The monoisotopic (exact) mass is 463 g/mol. The lowest BCUT2D eigenvalue weighted by atomic mass is 9.94. The van der Waals surface area contributed by atoms with Crippen LogP contribution in [0.3, 0.4) is 0 Å². The molecule has 3 aromatic rings. The number of thiocarbonyl (C=S) groups is 1. The molecule has 0 unspecified atom stereocenters. The van der Waals surface area contributed by atoms with Crippen LogP contribution < -0.4 is 15.5 Å². The highest BCUT2D eigenvalue weighted by Crippen LogP contribution is 2.35. The van der Waals surface area contributed by atoms with Crippen LogP contribution in [0.4, 0.5) is 17.2 Å². The van der Waals surface area contributed by atoms with Gasteiger partial charge in [-0.3, -0.25) is 19.8 Å². The van der Waals surface area contributed by atoms with Gasteiger partial charge in [0, 0.05) is 29.6 Å². The summed E-state index contributed by atoms with van der Waals surface area (Å²) in [5.74, 6) is 0.457. The van der Waals surface area contributed by atoms with Crippen molar-refractivity contribution in [2.24, 2.45) is 0 Å². The Morgan fingerprint density at radius 1 is 1.15 bits per heavy atom. The number of non-ortho nitro benzene ring substituents is 1. The van der Waals surface area contributed by atoms with Gasteiger partial charge in [-0.2, -0.15) is 0 Å². The van der Waals surface area contributed by atoms with Gasteiger partial charge in [-0.1, -0.05) is 22.9 Å². The van der Waals surface area contributed by atoms with Crippen molar-refractivity contribution < 1.29 is 14.2 Å². The Labute approximate surface area is 195 Å². The third-order valence-corrected chi connectivity index (χ3v) is 5.63. The number of anilines is 2. The van der Waals surface area contributed by atoms with Crippen LogP contribution in [0.2, 0.25) is 0 Å². The molecular weight excluding hydrogens is 442 g/mol. The summed E-state index contributed by atoms with van der Waals surface area (Å²) in [7, 11) is 0. The van der Waals surface area contributed by atoms with Gasteiger partial charge in [0.2, 0.25) is 0 Å². The van der Waals surface area contributed by atoms with Gasteiger partial charge in [-0.25, -0.2) is 0 Å². The Balaban J connectivity index is 1.79. The van der Waals surface area contributed by atoms with E-state index in [0.717, 1.165) is 11.3 Å². The molecule has 1 amide bonds. The van der Waals surface area contributed by atoms with Gasteiger partial charge in [-0.05, 0) is 62.8 Å². The molecule has 10 heteroatoms. The van der Waals surface area contributed by atoms with Gasteiger partial charge in [0.05, 0.1) is 16.5 Å². The Bertz CT molecular complexity index is 1260. The molecule has 1 aliphatic rings. The number of nitro benzene ring substituents is 1. The molecule has 0 spiro atoms. The average Bonchev–Trinajstić information content (AvgIpc) is 3.19. The fraction of sp³-hybridized carbons (Fsp3) is 0.174. The van der Waals surface area contributed by atoms with Crippen LogP contribution in [-0.2, 0) is 4.79 Å². The predicted molar refractivity (Wildman–Crippen MR) is 128 cm³/mol. The van der Waals surface area contributed by atoms with E-state index in [1.807, 2.05) is 38.1 Å². The van der Waals surface area contributed by atoms with Crippen LogP contribution in [0, 0.1) is 24.0 Å². The maximum absolute atomic E-state index is 13.4. The van der Waals surface area contributed by atoms with Gasteiger partial charge in [0.25, 0.3) is 11.6 Å². The topological polar surface area (TPSA) is 114 Å². The molecule has 0 bridgehead atoms. The van der Waals surface area contributed by atoms with E-state index in [-0.39, 0.29) is 11.5 Å². The number of amides is 1. The molecule has 9 nitrogen and oxygen atoms in total. The molecular formula is C23H21N5O4S. The van der Waals surface area contributed by atoms with E-state index in [1.54, 1.807) is 30.0 Å². The molecule has 0 radical (unpaired) electrons. The van der Waals surface area contributed by atoms with E-state index in [9.17, 15) is 14.9 Å². The summed E-state index contributed by atoms with van der Waals surface area (Å²) in [6.45, 7) is 5.53. The lowest BCUT2D eigenvalue weighted by Crippen LogP contribution is -2.48. The lowest BCUT2D eigenvalue weighted by Gasteiger charge is -2.37. The molecule has 2 N–H and O–H groups in total. The minimum absolute atomic E-state index is 0.0387. The van der Waals surface area contributed by atoms with Gasteiger partial charge in [0.1, 0.15) is 5.76 Å². The zero-order valence-corrected chi connectivity index (χ0v) is 19.0. The number of allylic oxidation sites excluding steroid dienone is 1. The van der Waals surface area contributed by atoms with Crippen molar-refractivity contribution in [3.63, 3.8) is 0 Å². The number of rotatable bonds is 5. The highest BCUT2D eigenvalue weighted by molar-refractivity contribution is 7.80. The molecule has 1 atom stereocenters. The van der Waals surface area contributed by atoms with Crippen LogP contribution in [0.5, 0.6) is 0 Å². The largest absolute Gasteiger partial charge is 0.360 e. The second kappa shape index (κ2) is 8.83. The molecule has 0 fully saturated rings. The van der Waals surface area contributed by atoms with Crippen molar-refractivity contribution in [1.82, 2.24) is 10.5 Å². The summed E-state index contributed by atoms with van der Waals surface area (Å²) >= 11 is 5.65. The third kappa shape index (κ3) is 4.46. The molecule has 0 saturated heterocycles. The Morgan fingerprint density at radius 2 is 1.82 bits per heavy atom. The van der Waals surface area contributed by atoms with Crippen LogP contribution in [0.1, 0.15) is 29.9 Å². The van der Waals surface area contributed by atoms with Crippen molar-refractivity contribution >= 4 is 40.4 Å². The fourth-order valence-corrected chi connectivity index (χ4v) is 4.05. The Hall–Kier alpha value is -4.05. The van der Waals surface area contributed by atoms with E-state index >= 15 is 0 Å². The third-order valence-electron chi connectivity index (χ3n) is 5.33. The van der Waals surface area contributed by atoms with Crippen molar-refractivity contribution in [3.8, 4) is 0 Å². The van der Waals surface area contributed by atoms with Crippen molar-refractivity contribution in [2.45, 2.75) is 26.8 Å². The van der Waals surface area contributed by atoms with Crippen LogP contribution >= 0.6 is 12.2 Å². The van der Waals surface area contributed by atoms with Gasteiger partial charge >= 0.3 is 0 Å². The minimum atomic E-state index is -0.618. The summed E-state index contributed by atoms with van der Waals surface area (Å²) in [6, 6.07) is 14.8. The van der Waals surface area contributed by atoms with Crippen LogP contribution in [0.15, 0.2) is 70.4 Å². The maximum atomic E-state index is 13.4. The lowest BCUT2D eigenvalue weighted by molar-refractivity contribution is -0.384. The Kier molecular flexibility index (Phi) is 5.93. The van der Waals surface area contributed by atoms with Crippen molar-refractivity contribution in [2.75, 3.05) is 10.2 Å². The Morgan fingerprint density at radius 3 is 2.39 bits per heavy atom. The zero-order chi connectivity index (χ0) is 23.7. The average molecular weight is 464 g/mol. The number of carbonyl (C=O) groups excluding carboxylic acids is 1.